The van der Waals surface area contributed by atoms with Crippen molar-refractivity contribution in [2.75, 3.05) is 11.9 Å². The fourth-order valence-electron chi connectivity index (χ4n) is 3.11. The van der Waals surface area contributed by atoms with E-state index in [0.29, 0.717) is 13.1 Å². The van der Waals surface area contributed by atoms with E-state index in [1.165, 1.54) is 12.1 Å². The second-order valence-electron chi connectivity index (χ2n) is 6.72. The van der Waals surface area contributed by atoms with Crippen LogP contribution in [0.2, 0.25) is 0 Å². The standard InChI is InChI=1S/C19H23FN4O/c1-12(2)19-21-8-6-18(23-19)22-17-7-9-24(13(3)25)11-14-10-15(20)4-5-16(14)17/h4-6,8,10,12,17H,7,9,11H2,1-3H3,(H,21,22,23). The van der Waals surface area contributed by atoms with Crippen LogP contribution in [0.15, 0.2) is 30.5 Å². The Morgan fingerprint density at radius 3 is 2.88 bits per heavy atom. The quantitative estimate of drug-likeness (QED) is 0.925. The van der Waals surface area contributed by atoms with Crippen molar-refractivity contribution in [1.82, 2.24) is 14.9 Å². The highest BCUT2D eigenvalue weighted by atomic mass is 19.1. The summed E-state index contributed by atoms with van der Waals surface area (Å²) in [4.78, 5) is 22.4. The molecule has 1 aliphatic rings. The van der Waals surface area contributed by atoms with E-state index in [0.717, 1.165) is 29.2 Å². The summed E-state index contributed by atoms with van der Waals surface area (Å²) in [5.74, 6) is 1.48. The van der Waals surface area contributed by atoms with Gasteiger partial charge in [-0.1, -0.05) is 19.9 Å². The SMILES string of the molecule is CC(=O)N1CCC(Nc2ccnc(C(C)C)n2)c2ccc(F)cc2C1. The van der Waals surface area contributed by atoms with Gasteiger partial charge in [0, 0.05) is 32.1 Å². The Bertz CT molecular complexity index is 778. The maximum atomic E-state index is 13.7. The van der Waals surface area contributed by atoms with Crippen LogP contribution in [0, 0.1) is 5.82 Å². The van der Waals surface area contributed by atoms with E-state index >= 15 is 0 Å². The van der Waals surface area contributed by atoms with Crippen LogP contribution in [0.4, 0.5) is 10.2 Å². The van der Waals surface area contributed by atoms with E-state index in [2.05, 4.69) is 15.3 Å². The van der Waals surface area contributed by atoms with E-state index in [9.17, 15) is 9.18 Å². The average Bonchev–Trinajstić information content (AvgIpc) is 2.74. The number of amides is 1. The van der Waals surface area contributed by atoms with Crippen molar-refractivity contribution in [2.45, 2.75) is 45.7 Å². The number of benzene rings is 1. The fourth-order valence-corrected chi connectivity index (χ4v) is 3.11. The Hall–Kier alpha value is -2.50. The smallest absolute Gasteiger partial charge is 0.219 e. The first-order valence-electron chi connectivity index (χ1n) is 8.57. The van der Waals surface area contributed by atoms with Crippen molar-refractivity contribution < 1.29 is 9.18 Å². The van der Waals surface area contributed by atoms with Crippen LogP contribution in [0.3, 0.4) is 0 Å². The molecule has 0 fully saturated rings. The lowest BCUT2D eigenvalue weighted by Gasteiger charge is -2.20. The number of halogens is 1. The lowest BCUT2D eigenvalue weighted by atomic mass is 9.99. The minimum Gasteiger partial charge on any atom is -0.363 e. The van der Waals surface area contributed by atoms with E-state index in [-0.39, 0.29) is 23.7 Å². The number of hydrogen-bond donors (Lipinski definition) is 1. The van der Waals surface area contributed by atoms with Gasteiger partial charge in [0.05, 0.1) is 6.04 Å². The lowest BCUT2D eigenvalue weighted by Crippen LogP contribution is -2.28. The van der Waals surface area contributed by atoms with Gasteiger partial charge in [0.25, 0.3) is 0 Å². The van der Waals surface area contributed by atoms with Crippen molar-refractivity contribution in [1.29, 1.82) is 0 Å². The third-order valence-electron chi connectivity index (χ3n) is 4.49. The van der Waals surface area contributed by atoms with Gasteiger partial charge >= 0.3 is 0 Å². The second kappa shape index (κ2) is 7.17. The summed E-state index contributed by atoms with van der Waals surface area (Å²) in [5.41, 5.74) is 1.85. The molecular formula is C19H23FN4O. The van der Waals surface area contributed by atoms with Crippen molar-refractivity contribution in [3.05, 3.63) is 53.2 Å². The zero-order chi connectivity index (χ0) is 18.0. The molecule has 1 unspecified atom stereocenters. The minimum atomic E-state index is -0.285. The van der Waals surface area contributed by atoms with Gasteiger partial charge in [-0.2, -0.15) is 0 Å². The molecule has 0 saturated carbocycles. The molecule has 1 atom stereocenters. The molecule has 25 heavy (non-hydrogen) atoms. The van der Waals surface area contributed by atoms with Crippen LogP contribution >= 0.6 is 0 Å². The van der Waals surface area contributed by atoms with Crippen molar-refractivity contribution in [3.63, 3.8) is 0 Å². The van der Waals surface area contributed by atoms with Crippen LogP contribution in [-0.4, -0.2) is 27.3 Å². The summed E-state index contributed by atoms with van der Waals surface area (Å²) in [6.07, 6.45) is 2.48. The maximum absolute atomic E-state index is 13.7. The number of fused-ring (bicyclic) bond motifs is 1. The summed E-state index contributed by atoms with van der Waals surface area (Å²) < 4.78 is 13.7. The Morgan fingerprint density at radius 2 is 2.16 bits per heavy atom. The van der Waals surface area contributed by atoms with Crippen LogP contribution in [-0.2, 0) is 11.3 Å². The van der Waals surface area contributed by atoms with Crippen LogP contribution in [0.1, 0.15) is 56.1 Å². The third kappa shape index (κ3) is 3.95. The molecule has 3 rings (SSSR count). The molecule has 1 amide bonds. The first-order valence-corrected chi connectivity index (χ1v) is 8.57. The normalized spacial score (nSPS) is 17.2. The highest BCUT2D eigenvalue weighted by Crippen LogP contribution is 2.30. The fraction of sp³-hybridized carbons (Fsp3) is 0.421. The predicted octanol–water partition coefficient (Wildman–Crippen LogP) is 3.64. The lowest BCUT2D eigenvalue weighted by molar-refractivity contribution is -0.129. The summed E-state index contributed by atoms with van der Waals surface area (Å²) in [6.45, 7) is 6.69. The first-order chi connectivity index (χ1) is 11.9. The third-order valence-corrected chi connectivity index (χ3v) is 4.49. The summed E-state index contributed by atoms with van der Waals surface area (Å²) in [7, 11) is 0. The number of nitrogens with one attached hydrogen (secondary N) is 1. The van der Waals surface area contributed by atoms with Crippen LogP contribution in [0.5, 0.6) is 0 Å². The van der Waals surface area contributed by atoms with E-state index < -0.39 is 0 Å². The largest absolute Gasteiger partial charge is 0.363 e. The Morgan fingerprint density at radius 1 is 1.36 bits per heavy atom. The second-order valence-corrected chi connectivity index (χ2v) is 6.72. The van der Waals surface area contributed by atoms with Gasteiger partial charge in [-0.05, 0) is 35.7 Å². The molecular weight excluding hydrogens is 319 g/mol. The van der Waals surface area contributed by atoms with E-state index in [1.807, 2.05) is 19.9 Å². The zero-order valence-corrected chi connectivity index (χ0v) is 14.8. The number of hydrogen-bond acceptors (Lipinski definition) is 4. The minimum absolute atomic E-state index is 0.00000799. The van der Waals surface area contributed by atoms with Gasteiger partial charge in [0.2, 0.25) is 5.91 Å². The van der Waals surface area contributed by atoms with Gasteiger partial charge < -0.3 is 10.2 Å². The molecule has 0 radical (unpaired) electrons. The van der Waals surface area contributed by atoms with Gasteiger partial charge in [-0.3, -0.25) is 4.79 Å². The van der Waals surface area contributed by atoms with E-state index in [1.54, 1.807) is 24.1 Å². The summed E-state index contributed by atoms with van der Waals surface area (Å²) in [5, 5.41) is 3.44. The molecule has 1 aromatic heterocycles. The Labute approximate surface area is 147 Å². The predicted molar refractivity (Wildman–Crippen MR) is 94.6 cm³/mol. The zero-order valence-electron chi connectivity index (χ0n) is 14.8. The van der Waals surface area contributed by atoms with Gasteiger partial charge in [-0.25, -0.2) is 14.4 Å². The van der Waals surface area contributed by atoms with E-state index in [4.69, 9.17) is 0 Å². The molecule has 0 bridgehead atoms. The van der Waals surface area contributed by atoms with Gasteiger partial charge in [0.15, 0.2) is 0 Å². The highest BCUT2D eigenvalue weighted by molar-refractivity contribution is 5.73. The molecule has 6 heteroatoms. The van der Waals surface area contributed by atoms with Crippen LogP contribution in [0.25, 0.3) is 0 Å². The van der Waals surface area contributed by atoms with Crippen molar-refractivity contribution >= 4 is 11.7 Å². The summed E-state index contributed by atoms with van der Waals surface area (Å²) in [6, 6.07) is 6.59. The molecule has 0 aliphatic carbocycles. The molecule has 5 nitrogen and oxygen atoms in total. The highest BCUT2D eigenvalue weighted by Gasteiger charge is 2.24. The molecule has 132 valence electrons. The molecule has 1 N–H and O–H groups in total. The number of anilines is 1. The van der Waals surface area contributed by atoms with Crippen molar-refractivity contribution in [2.24, 2.45) is 0 Å². The topological polar surface area (TPSA) is 58.1 Å². The van der Waals surface area contributed by atoms with Crippen molar-refractivity contribution in [3.8, 4) is 0 Å². The van der Waals surface area contributed by atoms with Crippen LogP contribution < -0.4 is 5.32 Å². The number of carbonyl (C=O) groups is 1. The number of aromatic nitrogens is 2. The molecule has 0 saturated heterocycles. The van der Waals surface area contributed by atoms with Gasteiger partial charge in [-0.15, -0.1) is 0 Å². The molecule has 0 spiro atoms. The molecule has 1 aliphatic heterocycles. The molecule has 2 heterocycles. The Kier molecular flexibility index (Phi) is 4.97. The monoisotopic (exact) mass is 342 g/mol. The maximum Gasteiger partial charge on any atom is 0.219 e. The number of rotatable bonds is 3. The average molecular weight is 342 g/mol. The number of carbonyl (C=O) groups excluding carboxylic acids is 1. The summed E-state index contributed by atoms with van der Waals surface area (Å²) >= 11 is 0. The number of nitrogens with zero attached hydrogens (tertiary/aromatic N) is 3. The first kappa shape index (κ1) is 17.3. The van der Waals surface area contributed by atoms with Gasteiger partial charge in [0.1, 0.15) is 17.5 Å². The molecule has 2 aromatic rings. The Balaban J connectivity index is 1.91. The molecule has 1 aromatic carbocycles.